The molecule has 0 radical (unpaired) electrons. The van der Waals surface area contributed by atoms with Gasteiger partial charge in [-0.1, -0.05) is 6.42 Å². The second kappa shape index (κ2) is 3.56. The summed E-state index contributed by atoms with van der Waals surface area (Å²) in [6.07, 6.45) is 3.81. The number of rotatable bonds is 2. The fourth-order valence-electron chi connectivity index (χ4n) is 1.72. The molecule has 2 rings (SSSR count). The fourth-order valence-corrected chi connectivity index (χ4v) is 1.72. The van der Waals surface area contributed by atoms with Crippen LogP contribution in [0.2, 0.25) is 0 Å². The molecule has 3 heteroatoms. The van der Waals surface area contributed by atoms with Crippen LogP contribution in [0.1, 0.15) is 30.5 Å². The number of aryl methyl sites for hydroxylation is 2. The first-order chi connectivity index (χ1) is 6.66. The molecular formula is C11H16N2O. The Labute approximate surface area is 83.8 Å². The van der Waals surface area contributed by atoms with Gasteiger partial charge in [0.2, 0.25) is 0 Å². The summed E-state index contributed by atoms with van der Waals surface area (Å²) in [5, 5.41) is 4.30. The van der Waals surface area contributed by atoms with E-state index >= 15 is 0 Å². The Morgan fingerprint density at radius 3 is 2.79 bits per heavy atom. The molecule has 1 aliphatic rings. The molecule has 0 amide bonds. The Balaban J connectivity index is 2.24. The normalized spacial score (nSPS) is 16.7. The molecule has 1 heterocycles. The second-order valence-electron chi connectivity index (χ2n) is 4.23. The van der Waals surface area contributed by atoms with E-state index in [4.69, 9.17) is 0 Å². The van der Waals surface area contributed by atoms with Crippen LogP contribution in [-0.2, 0) is 6.54 Å². The fraction of sp³-hybridized carbons (Fsp3) is 0.636. The SMILES string of the molecule is Cc1cc(=O)n(CC2CCC2)nc1C. The van der Waals surface area contributed by atoms with E-state index in [1.165, 1.54) is 19.3 Å². The van der Waals surface area contributed by atoms with Crippen LogP contribution in [-0.4, -0.2) is 9.78 Å². The highest BCUT2D eigenvalue weighted by Gasteiger charge is 2.18. The van der Waals surface area contributed by atoms with Crippen molar-refractivity contribution in [2.24, 2.45) is 5.92 Å². The Morgan fingerprint density at radius 1 is 1.50 bits per heavy atom. The second-order valence-corrected chi connectivity index (χ2v) is 4.23. The van der Waals surface area contributed by atoms with Crippen molar-refractivity contribution in [2.75, 3.05) is 0 Å². The molecule has 1 saturated carbocycles. The molecule has 0 bridgehead atoms. The number of hydrogen-bond acceptors (Lipinski definition) is 2. The predicted octanol–water partition coefficient (Wildman–Crippen LogP) is 1.66. The average Bonchev–Trinajstić information content (AvgIpc) is 2.06. The van der Waals surface area contributed by atoms with Gasteiger partial charge in [0.1, 0.15) is 0 Å². The van der Waals surface area contributed by atoms with Crippen LogP contribution in [0.4, 0.5) is 0 Å². The number of aromatic nitrogens is 2. The molecule has 0 aromatic carbocycles. The Bertz CT molecular complexity index is 391. The molecule has 0 unspecified atom stereocenters. The van der Waals surface area contributed by atoms with Crippen LogP contribution in [0.5, 0.6) is 0 Å². The van der Waals surface area contributed by atoms with Crippen molar-refractivity contribution in [2.45, 2.75) is 39.7 Å². The van der Waals surface area contributed by atoms with Gasteiger partial charge in [0, 0.05) is 12.6 Å². The summed E-state index contributed by atoms with van der Waals surface area (Å²) in [5.41, 5.74) is 1.99. The van der Waals surface area contributed by atoms with Gasteiger partial charge in [0.05, 0.1) is 5.69 Å². The van der Waals surface area contributed by atoms with Crippen molar-refractivity contribution in [3.05, 3.63) is 27.7 Å². The van der Waals surface area contributed by atoms with E-state index in [2.05, 4.69) is 5.10 Å². The third kappa shape index (κ3) is 1.72. The first-order valence-electron chi connectivity index (χ1n) is 5.22. The van der Waals surface area contributed by atoms with Crippen molar-refractivity contribution in [3.63, 3.8) is 0 Å². The molecule has 0 aliphatic heterocycles. The summed E-state index contributed by atoms with van der Waals surface area (Å²) in [5.74, 6) is 0.683. The van der Waals surface area contributed by atoms with Crippen LogP contribution < -0.4 is 5.56 Å². The molecule has 1 aromatic rings. The molecule has 3 nitrogen and oxygen atoms in total. The van der Waals surface area contributed by atoms with E-state index in [-0.39, 0.29) is 5.56 Å². The smallest absolute Gasteiger partial charge is 0.267 e. The summed E-state index contributed by atoms with van der Waals surface area (Å²) in [6, 6.07) is 1.68. The van der Waals surface area contributed by atoms with Crippen molar-refractivity contribution in [1.82, 2.24) is 9.78 Å². The van der Waals surface area contributed by atoms with E-state index in [1.54, 1.807) is 10.7 Å². The van der Waals surface area contributed by atoms with Crippen LogP contribution in [0.15, 0.2) is 10.9 Å². The first kappa shape index (κ1) is 9.44. The summed E-state index contributed by atoms with van der Waals surface area (Å²) in [6.45, 7) is 4.68. The molecular weight excluding hydrogens is 176 g/mol. The van der Waals surface area contributed by atoms with Crippen LogP contribution in [0, 0.1) is 19.8 Å². The van der Waals surface area contributed by atoms with E-state index < -0.39 is 0 Å². The van der Waals surface area contributed by atoms with Crippen molar-refractivity contribution in [3.8, 4) is 0 Å². The maximum Gasteiger partial charge on any atom is 0.267 e. The zero-order valence-corrected chi connectivity index (χ0v) is 8.79. The molecule has 14 heavy (non-hydrogen) atoms. The third-order valence-electron chi connectivity index (χ3n) is 3.09. The summed E-state index contributed by atoms with van der Waals surface area (Å²) >= 11 is 0. The van der Waals surface area contributed by atoms with Crippen LogP contribution in [0.25, 0.3) is 0 Å². The molecule has 1 fully saturated rings. The molecule has 0 saturated heterocycles. The Hall–Kier alpha value is -1.12. The zero-order valence-electron chi connectivity index (χ0n) is 8.79. The van der Waals surface area contributed by atoms with Gasteiger partial charge in [-0.3, -0.25) is 4.79 Å². The van der Waals surface area contributed by atoms with Gasteiger partial charge in [0.25, 0.3) is 5.56 Å². The van der Waals surface area contributed by atoms with E-state index in [0.717, 1.165) is 17.8 Å². The van der Waals surface area contributed by atoms with Gasteiger partial charge in [0.15, 0.2) is 0 Å². The van der Waals surface area contributed by atoms with Crippen molar-refractivity contribution in [1.29, 1.82) is 0 Å². The summed E-state index contributed by atoms with van der Waals surface area (Å²) < 4.78 is 1.62. The minimum atomic E-state index is 0.0417. The lowest BCUT2D eigenvalue weighted by Gasteiger charge is -2.25. The van der Waals surface area contributed by atoms with E-state index in [0.29, 0.717) is 5.92 Å². The lowest BCUT2D eigenvalue weighted by atomic mass is 9.85. The van der Waals surface area contributed by atoms with Gasteiger partial charge >= 0.3 is 0 Å². The lowest BCUT2D eigenvalue weighted by Crippen LogP contribution is -2.29. The maximum atomic E-state index is 11.6. The Morgan fingerprint density at radius 2 is 2.21 bits per heavy atom. The standard InChI is InChI=1S/C11H16N2O/c1-8-6-11(14)13(12-9(8)2)7-10-4-3-5-10/h6,10H,3-5,7H2,1-2H3. The predicted molar refractivity (Wildman–Crippen MR) is 55.3 cm³/mol. The van der Waals surface area contributed by atoms with Gasteiger partial charge in [-0.15, -0.1) is 0 Å². The van der Waals surface area contributed by atoms with E-state index in [1.807, 2.05) is 13.8 Å². The molecule has 0 spiro atoms. The molecule has 0 N–H and O–H groups in total. The maximum absolute atomic E-state index is 11.6. The van der Waals surface area contributed by atoms with Crippen molar-refractivity contribution < 1.29 is 0 Å². The lowest BCUT2D eigenvalue weighted by molar-refractivity contribution is 0.261. The van der Waals surface area contributed by atoms with Gasteiger partial charge in [-0.25, -0.2) is 4.68 Å². The van der Waals surface area contributed by atoms with Crippen LogP contribution >= 0.6 is 0 Å². The van der Waals surface area contributed by atoms with E-state index in [9.17, 15) is 4.79 Å². The quantitative estimate of drug-likeness (QED) is 0.714. The van der Waals surface area contributed by atoms with Gasteiger partial charge in [-0.2, -0.15) is 5.10 Å². The summed E-state index contributed by atoms with van der Waals surface area (Å²) in [7, 11) is 0. The molecule has 0 atom stereocenters. The number of hydrogen-bond donors (Lipinski definition) is 0. The summed E-state index contributed by atoms with van der Waals surface area (Å²) in [4.78, 5) is 11.6. The largest absolute Gasteiger partial charge is 0.268 e. The Kier molecular flexibility index (Phi) is 2.40. The topological polar surface area (TPSA) is 34.9 Å². The zero-order chi connectivity index (χ0) is 10.1. The first-order valence-corrected chi connectivity index (χ1v) is 5.22. The highest BCUT2D eigenvalue weighted by atomic mass is 16.1. The minimum absolute atomic E-state index is 0.0417. The van der Waals surface area contributed by atoms with Gasteiger partial charge in [-0.05, 0) is 38.2 Å². The number of nitrogens with zero attached hydrogens (tertiary/aromatic N) is 2. The highest BCUT2D eigenvalue weighted by molar-refractivity contribution is 5.13. The average molecular weight is 192 g/mol. The minimum Gasteiger partial charge on any atom is -0.268 e. The molecule has 1 aliphatic carbocycles. The molecule has 1 aromatic heterocycles. The highest BCUT2D eigenvalue weighted by Crippen LogP contribution is 2.27. The van der Waals surface area contributed by atoms with Crippen LogP contribution in [0.3, 0.4) is 0 Å². The monoisotopic (exact) mass is 192 g/mol. The third-order valence-corrected chi connectivity index (χ3v) is 3.09. The molecule has 76 valence electrons. The van der Waals surface area contributed by atoms with Gasteiger partial charge < -0.3 is 0 Å². The van der Waals surface area contributed by atoms with Crippen molar-refractivity contribution >= 4 is 0 Å².